The number of esters is 1. The van der Waals surface area contributed by atoms with Crippen LogP contribution in [0.1, 0.15) is 46.5 Å². The largest absolute Gasteiger partial charge is 0.467 e. The number of amides is 1. The predicted molar refractivity (Wildman–Crippen MR) is 71.6 cm³/mol. The van der Waals surface area contributed by atoms with Gasteiger partial charge in [-0.1, -0.05) is 20.3 Å². The average molecular weight is 271 g/mol. The molecule has 1 heterocycles. The van der Waals surface area contributed by atoms with Gasteiger partial charge < -0.3 is 14.8 Å². The van der Waals surface area contributed by atoms with Crippen molar-refractivity contribution in [3.8, 4) is 0 Å². The molecule has 0 aromatic rings. The van der Waals surface area contributed by atoms with Crippen molar-refractivity contribution in [1.29, 1.82) is 0 Å². The van der Waals surface area contributed by atoms with Gasteiger partial charge in [0.2, 0.25) is 5.91 Å². The second kappa shape index (κ2) is 6.89. The summed E-state index contributed by atoms with van der Waals surface area (Å²) >= 11 is 0. The molecule has 0 bridgehead atoms. The molecule has 0 saturated carbocycles. The van der Waals surface area contributed by atoms with E-state index in [1.165, 1.54) is 7.11 Å². The molecule has 1 N–H and O–H groups in total. The maximum absolute atomic E-state index is 12.3. The third kappa shape index (κ3) is 3.69. The first kappa shape index (κ1) is 16.0. The van der Waals surface area contributed by atoms with E-state index in [9.17, 15) is 9.59 Å². The maximum Gasteiger partial charge on any atom is 0.331 e. The molecule has 0 aliphatic carbocycles. The maximum atomic E-state index is 12.3. The number of hydrogen-bond donors (Lipinski definition) is 1. The van der Waals surface area contributed by atoms with Gasteiger partial charge in [-0.3, -0.25) is 4.79 Å². The standard InChI is InChI=1S/C14H25NO4/c1-5-8-14(3,13(17)18-4)15-12(16)10-7-9-19-11(10)6-2/h10-11H,5-9H2,1-4H3,(H,15,16). The summed E-state index contributed by atoms with van der Waals surface area (Å²) in [5.74, 6) is -0.661. The minimum Gasteiger partial charge on any atom is -0.467 e. The van der Waals surface area contributed by atoms with Crippen LogP contribution < -0.4 is 5.32 Å². The van der Waals surface area contributed by atoms with Crippen LogP contribution >= 0.6 is 0 Å². The van der Waals surface area contributed by atoms with Crippen LogP contribution in [-0.4, -0.2) is 37.2 Å². The molecule has 0 aromatic carbocycles. The zero-order valence-electron chi connectivity index (χ0n) is 12.3. The topological polar surface area (TPSA) is 64.6 Å². The molecule has 1 saturated heterocycles. The predicted octanol–water partition coefficient (Wildman–Crippen LogP) is 1.65. The van der Waals surface area contributed by atoms with Crippen LogP contribution in [0.15, 0.2) is 0 Å². The Morgan fingerprint density at radius 1 is 1.42 bits per heavy atom. The Hall–Kier alpha value is -1.10. The second-order valence-corrected chi connectivity index (χ2v) is 5.28. The highest BCUT2D eigenvalue weighted by Gasteiger charge is 2.40. The van der Waals surface area contributed by atoms with Crippen LogP contribution in [0.3, 0.4) is 0 Å². The number of carbonyl (C=O) groups is 2. The minimum absolute atomic E-state index is 0.0384. The molecule has 0 radical (unpaired) electrons. The lowest BCUT2D eigenvalue weighted by molar-refractivity contribution is -0.151. The lowest BCUT2D eigenvalue weighted by Crippen LogP contribution is -2.55. The summed E-state index contributed by atoms with van der Waals surface area (Å²) in [4.78, 5) is 24.2. The summed E-state index contributed by atoms with van der Waals surface area (Å²) in [7, 11) is 1.34. The summed E-state index contributed by atoms with van der Waals surface area (Å²) in [6, 6.07) is 0. The number of methoxy groups -OCH3 is 1. The molecule has 1 aliphatic rings. The minimum atomic E-state index is -0.943. The van der Waals surface area contributed by atoms with E-state index in [0.717, 1.165) is 12.8 Å². The molecule has 1 fully saturated rings. The molecule has 5 heteroatoms. The van der Waals surface area contributed by atoms with Crippen molar-refractivity contribution in [3.63, 3.8) is 0 Å². The highest BCUT2D eigenvalue weighted by Crippen LogP contribution is 2.25. The first-order chi connectivity index (χ1) is 8.98. The van der Waals surface area contributed by atoms with Crippen LogP contribution in [0, 0.1) is 5.92 Å². The number of hydrogen-bond acceptors (Lipinski definition) is 4. The first-order valence-electron chi connectivity index (χ1n) is 7.00. The van der Waals surface area contributed by atoms with Crippen molar-refractivity contribution in [2.45, 2.75) is 58.1 Å². The highest BCUT2D eigenvalue weighted by atomic mass is 16.5. The van der Waals surface area contributed by atoms with E-state index >= 15 is 0 Å². The van der Waals surface area contributed by atoms with Crippen LogP contribution in [0.5, 0.6) is 0 Å². The molecular weight excluding hydrogens is 246 g/mol. The van der Waals surface area contributed by atoms with Gasteiger partial charge in [0.25, 0.3) is 0 Å². The van der Waals surface area contributed by atoms with Crippen molar-refractivity contribution < 1.29 is 19.1 Å². The van der Waals surface area contributed by atoms with Crippen LogP contribution in [0.4, 0.5) is 0 Å². The summed E-state index contributed by atoms with van der Waals surface area (Å²) in [6.07, 6.45) is 2.85. The number of carbonyl (C=O) groups excluding carboxylic acids is 2. The van der Waals surface area contributed by atoms with Crippen molar-refractivity contribution in [2.75, 3.05) is 13.7 Å². The zero-order valence-corrected chi connectivity index (χ0v) is 12.3. The number of rotatable bonds is 6. The van der Waals surface area contributed by atoms with E-state index in [1.807, 2.05) is 13.8 Å². The first-order valence-corrected chi connectivity index (χ1v) is 7.00. The van der Waals surface area contributed by atoms with Crippen LogP contribution in [-0.2, 0) is 19.1 Å². The van der Waals surface area contributed by atoms with Gasteiger partial charge >= 0.3 is 5.97 Å². The summed E-state index contributed by atoms with van der Waals surface area (Å²) in [6.45, 7) is 6.30. The molecule has 3 atom stereocenters. The van der Waals surface area contributed by atoms with Gasteiger partial charge in [0, 0.05) is 6.61 Å². The lowest BCUT2D eigenvalue weighted by Gasteiger charge is -2.29. The quantitative estimate of drug-likeness (QED) is 0.746. The van der Waals surface area contributed by atoms with E-state index in [4.69, 9.17) is 9.47 Å². The third-order valence-electron chi connectivity index (χ3n) is 3.73. The molecule has 5 nitrogen and oxygen atoms in total. The fourth-order valence-electron chi connectivity index (χ4n) is 2.66. The van der Waals surface area contributed by atoms with Gasteiger partial charge in [0.05, 0.1) is 19.1 Å². The lowest BCUT2D eigenvalue weighted by atomic mass is 9.92. The fourth-order valence-corrected chi connectivity index (χ4v) is 2.66. The normalized spacial score (nSPS) is 25.7. The van der Waals surface area contributed by atoms with E-state index in [2.05, 4.69) is 5.32 Å². The smallest absolute Gasteiger partial charge is 0.331 e. The van der Waals surface area contributed by atoms with Crippen molar-refractivity contribution in [1.82, 2.24) is 5.32 Å². The highest BCUT2D eigenvalue weighted by molar-refractivity contribution is 5.89. The molecule has 110 valence electrons. The fraction of sp³-hybridized carbons (Fsp3) is 0.857. The van der Waals surface area contributed by atoms with Crippen LogP contribution in [0.25, 0.3) is 0 Å². The number of ether oxygens (including phenoxy) is 2. The van der Waals surface area contributed by atoms with Gasteiger partial charge in [-0.25, -0.2) is 4.79 Å². The van der Waals surface area contributed by atoms with Crippen LogP contribution in [0.2, 0.25) is 0 Å². The Bertz CT molecular complexity index is 331. The van der Waals surface area contributed by atoms with Gasteiger partial charge in [-0.2, -0.15) is 0 Å². The van der Waals surface area contributed by atoms with Gasteiger partial charge in [0.15, 0.2) is 0 Å². The van der Waals surface area contributed by atoms with Crippen molar-refractivity contribution >= 4 is 11.9 Å². The molecule has 1 rings (SSSR count). The second-order valence-electron chi connectivity index (χ2n) is 5.28. The third-order valence-corrected chi connectivity index (χ3v) is 3.73. The molecular formula is C14H25NO4. The Morgan fingerprint density at radius 2 is 2.11 bits per heavy atom. The molecule has 3 unspecified atom stereocenters. The monoisotopic (exact) mass is 271 g/mol. The van der Waals surface area contributed by atoms with E-state index in [-0.39, 0.29) is 17.9 Å². The summed E-state index contributed by atoms with van der Waals surface area (Å²) < 4.78 is 10.3. The Morgan fingerprint density at radius 3 is 2.63 bits per heavy atom. The SMILES string of the molecule is CCCC(C)(NC(=O)C1CCOC1CC)C(=O)OC. The molecule has 1 amide bonds. The summed E-state index contributed by atoms with van der Waals surface area (Å²) in [5, 5.41) is 2.86. The molecule has 1 aliphatic heterocycles. The van der Waals surface area contributed by atoms with Crippen molar-refractivity contribution in [2.24, 2.45) is 5.92 Å². The molecule has 0 aromatic heterocycles. The Labute approximate surface area is 115 Å². The van der Waals surface area contributed by atoms with E-state index in [1.54, 1.807) is 6.92 Å². The van der Waals surface area contributed by atoms with Crippen molar-refractivity contribution in [3.05, 3.63) is 0 Å². The Balaban J connectivity index is 2.73. The van der Waals surface area contributed by atoms with E-state index < -0.39 is 11.5 Å². The summed E-state index contributed by atoms with van der Waals surface area (Å²) in [5.41, 5.74) is -0.943. The van der Waals surface area contributed by atoms with Gasteiger partial charge in [-0.15, -0.1) is 0 Å². The zero-order chi connectivity index (χ0) is 14.5. The number of nitrogens with one attached hydrogen (secondary N) is 1. The van der Waals surface area contributed by atoms with Gasteiger partial charge in [-0.05, 0) is 26.2 Å². The average Bonchev–Trinajstić information content (AvgIpc) is 2.86. The van der Waals surface area contributed by atoms with Gasteiger partial charge in [0.1, 0.15) is 5.54 Å². The van der Waals surface area contributed by atoms with E-state index in [0.29, 0.717) is 19.4 Å². The molecule has 19 heavy (non-hydrogen) atoms. The Kier molecular flexibility index (Phi) is 5.79. The molecule has 0 spiro atoms.